The van der Waals surface area contributed by atoms with Crippen LogP contribution >= 0.6 is 0 Å². The van der Waals surface area contributed by atoms with Gasteiger partial charge < -0.3 is 5.73 Å². The predicted octanol–water partition coefficient (Wildman–Crippen LogP) is 2.56. The lowest BCUT2D eigenvalue weighted by molar-refractivity contribution is 0.0926. The summed E-state index contributed by atoms with van der Waals surface area (Å²) in [6.45, 7) is 4.15. The summed E-state index contributed by atoms with van der Waals surface area (Å²) < 4.78 is 0. The van der Waals surface area contributed by atoms with E-state index >= 15 is 0 Å². The smallest absolute Gasteiger partial charge is 0.266 e. The second kappa shape index (κ2) is 4.82. The first-order valence-electron chi connectivity index (χ1n) is 6.82. The van der Waals surface area contributed by atoms with Gasteiger partial charge in [-0.3, -0.25) is 9.59 Å². The zero-order valence-electron chi connectivity index (χ0n) is 12.0. The highest BCUT2D eigenvalue weighted by molar-refractivity contribution is 6.34. The molecule has 106 valence electrons. The van der Waals surface area contributed by atoms with Gasteiger partial charge in [0.1, 0.15) is 0 Å². The fourth-order valence-corrected chi connectivity index (χ4v) is 2.60. The molecule has 2 amide bonds. The molecule has 1 aliphatic rings. The Hall–Kier alpha value is -2.46. The van der Waals surface area contributed by atoms with E-state index in [9.17, 15) is 9.59 Å². The van der Waals surface area contributed by atoms with E-state index < -0.39 is 0 Å². The molecule has 0 aliphatic carbocycles. The summed E-state index contributed by atoms with van der Waals surface area (Å²) in [6.07, 6.45) is 0. The van der Waals surface area contributed by atoms with Gasteiger partial charge in [0.2, 0.25) is 0 Å². The highest BCUT2D eigenvalue weighted by Crippen LogP contribution is 2.31. The van der Waals surface area contributed by atoms with E-state index in [1.165, 1.54) is 4.90 Å². The first-order valence-corrected chi connectivity index (χ1v) is 6.82. The number of benzene rings is 2. The SMILES string of the molecule is Cc1ccc2c(c1)C(=O)N(c1cc(CN)ccc1C)C2=O. The number of nitrogens with zero attached hydrogens (tertiary/aromatic N) is 1. The number of fused-ring (bicyclic) bond motifs is 1. The molecule has 0 spiro atoms. The Morgan fingerprint density at radius 2 is 1.67 bits per heavy atom. The largest absolute Gasteiger partial charge is 0.326 e. The number of rotatable bonds is 2. The van der Waals surface area contributed by atoms with Crippen molar-refractivity contribution in [2.45, 2.75) is 20.4 Å². The number of hydrogen-bond donors (Lipinski definition) is 1. The van der Waals surface area contributed by atoms with Gasteiger partial charge in [-0.1, -0.05) is 23.8 Å². The Labute approximate surface area is 123 Å². The zero-order chi connectivity index (χ0) is 15.1. The summed E-state index contributed by atoms with van der Waals surface area (Å²) in [7, 11) is 0. The van der Waals surface area contributed by atoms with Crippen LogP contribution in [0.4, 0.5) is 5.69 Å². The van der Waals surface area contributed by atoms with Crippen LogP contribution in [0.3, 0.4) is 0 Å². The minimum Gasteiger partial charge on any atom is -0.326 e. The number of hydrogen-bond acceptors (Lipinski definition) is 3. The van der Waals surface area contributed by atoms with Crippen LogP contribution in [0.2, 0.25) is 0 Å². The molecule has 21 heavy (non-hydrogen) atoms. The molecule has 0 atom stereocenters. The second-order valence-electron chi connectivity index (χ2n) is 5.32. The lowest BCUT2D eigenvalue weighted by Gasteiger charge is -2.17. The van der Waals surface area contributed by atoms with Crippen molar-refractivity contribution in [2.75, 3.05) is 4.90 Å². The van der Waals surface area contributed by atoms with E-state index in [0.29, 0.717) is 23.4 Å². The molecule has 0 bridgehead atoms. The third kappa shape index (κ3) is 2.04. The summed E-state index contributed by atoms with van der Waals surface area (Å²) in [6, 6.07) is 10.9. The number of carbonyl (C=O) groups is 2. The molecule has 2 aromatic carbocycles. The lowest BCUT2D eigenvalue weighted by Crippen LogP contribution is -2.30. The van der Waals surface area contributed by atoms with Crippen LogP contribution in [0, 0.1) is 13.8 Å². The normalized spacial score (nSPS) is 13.8. The van der Waals surface area contributed by atoms with Crippen LogP contribution in [0.25, 0.3) is 0 Å². The van der Waals surface area contributed by atoms with Gasteiger partial charge in [0.25, 0.3) is 11.8 Å². The number of aryl methyl sites for hydroxylation is 2. The van der Waals surface area contributed by atoms with Crippen LogP contribution in [-0.4, -0.2) is 11.8 Å². The number of amides is 2. The average Bonchev–Trinajstić information content (AvgIpc) is 2.71. The minimum atomic E-state index is -0.271. The van der Waals surface area contributed by atoms with Gasteiger partial charge >= 0.3 is 0 Å². The molecule has 0 radical (unpaired) electrons. The summed E-state index contributed by atoms with van der Waals surface area (Å²) in [5.74, 6) is -0.539. The molecule has 2 aromatic rings. The Morgan fingerprint density at radius 3 is 2.38 bits per heavy atom. The zero-order valence-corrected chi connectivity index (χ0v) is 12.0. The summed E-state index contributed by atoms with van der Waals surface area (Å²) >= 11 is 0. The van der Waals surface area contributed by atoms with Crippen molar-refractivity contribution in [2.24, 2.45) is 5.73 Å². The molecule has 3 rings (SSSR count). The molecule has 0 fully saturated rings. The Morgan fingerprint density at radius 1 is 0.952 bits per heavy atom. The maximum atomic E-state index is 12.6. The van der Waals surface area contributed by atoms with Crippen molar-refractivity contribution < 1.29 is 9.59 Å². The summed E-state index contributed by atoms with van der Waals surface area (Å²) in [5, 5.41) is 0. The fraction of sp³-hybridized carbons (Fsp3) is 0.176. The number of carbonyl (C=O) groups excluding carboxylic acids is 2. The van der Waals surface area contributed by atoms with Gasteiger partial charge in [0.15, 0.2) is 0 Å². The number of anilines is 1. The maximum Gasteiger partial charge on any atom is 0.266 e. The van der Waals surface area contributed by atoms with Gasteiger partial charge in [-0.2, -0.15) is 0 Å². The molecule has 0 unspecified atom stereocenters. The molecule has 1 aliphatic heterocycles. The third-order valence-electron chi connectivity index (χ3n) is 3.79. The average molecular weight is 280 g/mol. The fourth-order valence-electron chi connectivity index (χ4n) is 2.60. The molecule has 0 saturated heterocycles. The quantitative estimate of drug-likeness (QED) is 0.860. The van der Waals surface area contributed by atoms with Crippen molar-refractivity contribution in [1.82, 2.24) is 0 Å². The predicted molar refractivity (Wildman–Crippen MR) is 81.4 cm³/mol. The monoisotopic (exact) mass is 280 g/mol. The Kier molecular flexibility index (Phi) is 3.11. The molecule has 2 N–H and O–H groups in total. The van der Waals surface area contributed by atoms with E-state index in [-0.39, 0.29) is 11.8 Å². The standard InChI is InChI=1S/C17H16N2O2/c1-10-3-6-13-14(7-10)17(21)19(16(13)20)15-8-12(9-18)5-4-11(15)2/h3-8H,9,18H2,1-2H3. The maximum absolute atomic E-state index is 12.6. The highest BCUT2D eigenvalue weighted by atomic mass is 16.2. The molecular weight excluding hydrogens is 264 g/mol. The van der Waals surface area contributed by atoms with Gasteiger partial charge in [0.05, 0.1) is 16.8 Å². The third-order valence-corrected chi connectivity index (χ3v) is 3.79. The summed E-state index contributed by atoms with van der Waals surface area (Å²) in [5.41, 5.74) is 9.92. The molecule has 4 nitrogen and oxygen atoms in total. The van der Waals surface area contributed by atoms with Crippen LogP contribution in [-0.2, 0) is 6.54 Å². The Balaban J connectivity index is 2.14. The van der Waals surface area contributed by atoms with E-state index in [4.69, 9.17) is 5.73 Å². The van der Waals surface area contributed by atoms with Gasteiger partial charge in [-0.25, -0.2) is 4.90 Å². The topological polar surface area (TPSA) is 63.4 Å². The Bertz CT molecular complexity index is 765. The second-order valence-corrected chi connectivity index (χ2v) is 5.32. The van der Waals surface area contributed by atoms with Gasteiger partial charge in [-0.05, 0) is 43.2 Å². The first-order chi connectivity index (χ1) is 10.0. The van der Waals surface area contributed by atoms with Crippen molar-refractivity contribution >= 4 is 17.5 Å². The van der Waals surface area contributed by atoms with E-state index in [1.807, 2.05) is 38.1 Å². The van der Waals surface area contributed by atoms with Crippen molar-refractivity contribution in [3.05, 3.63) is 64.2 Å². The van der Waals surface area contributed by atoms with Crippen LogP contribution in [0.1, 0.15) is 37.4 Å². The molecular formula is C17H16N2O2. The first kappa shape index (κ1) is 13.5. The van der Waals surface area contributed by atoms with E-state index in [1.54, 1.807) is 12.1 Å². The number of nitrogens with two attached hydrogens (primary N) is 1. The summed E-state index contributed by atoms with van der Waals surface area (Å²) in [4.78, 5) is 26.4. The van der Waals surface area contributed by atoms with Crippen molar-refractivity contribution in [1.29, 1.82) is 0 Å². The molecule has 4 heteroatoms. The molecule has 1 heterocycles. The lowest BCUT2D eigenvalue weighted by atomic mass is 10.1. The highest BCUT2D eigenvalue weighted by Gasteiger charge is 2.37. The minimum absolute atomic E-state index is 0.268. The van der Waals surface area contributed by atoms with Gasteiger partial charge in [0, 0.05) is 6.54 Å². The van der Waals surface area contributed by atoms with Crippen LogP contribution in [0.15, 0.2) is 36.4 Å². The van der Waals surface area contributed by atoms with E-state index in [0.717, 1.165) is 16.7 Å². The molecule has 0 aromatic heterocycles. The van der Waals surface area contributed by atoms with Crippen LogP contribution < -0.4 is 10.6 Å². The van der Waals surface area contributed by atoms with Crippen molar-refractivity contribution in [3.8, 4) is 0 Å². The van der Waals surface area contributed by atoms with Gasteiger partial charge in [-0.15, -0.1) is 0 Å². The van der Waals surface area contributed by atoms with Crippen molar-refractivity contribution in [3.63, 3.8) is 0 Å². The van der Waals surface area contributed by atoms with E-state index in [2.05, 4.69) is 0 Å². The van der Waals surface area contributed by atoms with Crippen LogP contribution in [0.5, 0.6) is 0 Å². The molecule has 0 saturated carbocycles. The number of imide groups is 1.